The van der Waals surface area contributed by atoms with Gasteiger partial charge in [0.1, 0.15) is 0 Å². The Kier molecular flexibility index (Phi) is 6.37. The predicted molar refractivity (Wildman–Crippen MR) is 105 cm³/mol. The number of piperazine rings is 1. The summed E-state index contributed by atoms with van der Waals surface area (Å²) in [6, 6.07) is 5.85. The summed E-state index contributed by atoms with van der Waals surface area (Å²) < 4.78 is 29.3. The summed E-state index contributed by atoms with van der Waals surface area (Å²) in [4.78, 5) is 49.2. The molecule has 2 aliphatic rings. The minimum Gasteiger partial charge on any atom is -0.452 e. The Morgan fingerprint density at radius 1 is 1.03 bits per heavy atom. The second-order valence-electron chi connectivity index (χ2n) is 6.93. The Morgan fingerprint density at radius 2 is 1.67 bits per heavy atom. The molecule has 0 unspecified atom stereocenters. The number of hydrazine groups is 1. The van der Waals surface area contributed by atoms with Crippen LogP contribution in [0.5, 0.6) is 0 Å². The number of nitrogens with zero attached hydrogens (tertiary/aromatic N) is 3. The van der Waals surface area contributed by atoms with Crippen molar-refractivity contribution in [1.29, 1.82) is 0 Å². The topological polar surface area (TPSA) is 133 Å². The smallest absolute Gasteiger partial charge is 0.338 e. The van der Waals surface area contributed by atoms with Gasteiger partial charge in [-0.1, -0.05) is 0 Å². The summed E-state index contributed by atoms with van der Waals surface area (Å²) in [5, 5.41) is 1.13. The number of carbonyl (C=O) groups is 4. The summed E-state index contributed by atoms with van der Waals surface area (Å²) in [5.74, 6) is -1.64. The molecule has 2 heterocycles. The van der Waals surface area contributed by atoms with Crippen LogP contribution in [0, 0.1) is 0 Å². The maximum Gasteiger partial charge on any atom is 0.338 e. The zero-order chi connectivity index (χ0) is 21.9. The van der Waals surface area contributed by atoms with Gasteiger partial charge in [-0.3, -0.25) is 19.8 Å². The Labute approximate surface area is 173 Å². The van der Waals surface area contributed by atoms with Gasteiger partial charge in [0.2, 0.25) is 21.8 Å². The molecule has 11 nitrogen and oxygen atoms in total. The van der Waals surface area contributed by atoms with E-state index in [0.717, 1.165) is 11.3 Å². The summed E-state index contributed by atoms with van der Waals surface area (Å²) >= 11 is 0. The normalized spacial score (nSPS) is 18.2. The molecular formula is C18H22N4O7S. The van der Waals surface area contributed by atoms with E-state index in [9.17, 15) is 27.6 Å². The third kappa shape index (κ3) is 5.13. The molecular weight excluding hydrogens is 416 g/mol. The maximum atomic E-state index is 12.2. The van der Waals surface area contributed by atoms with Crippen molar-refractivity contribution in [2.24, 2.45) is 0 Å². The second kappa shape index (κ2) is 8.79. The number of amides is 3. The van der Waals surface area contributed by atoms with E-state index in [1.807, 2.05) is 0 Å². The SMILES string of the molecule is CS(=O)(=O)N1CCN(C(=O)COC(=O)c2ccc(N3NC(=O)CCC3=O)cc2)CC1. The molecule has 0 spiro atoms. The number of anilines is 1. The monoisotopic (exact) mass is 438 g/mol. The average molecular weight is 438 g/mol. The molecule has 162 valence electrons. The van der Waals surface area contributed by atoms with E-state index in [1.54, 1.807) is 0 Å². The van der Waals surface area contributed by atoms with Crippen LogP contribution in [0.3, 0.4) is 0 Å². The van der Waals surface area contributed by atoms with Crippen LogP contribution >= 0.6 is 0 Å². The molecule has 1 aromatic rings. The van der Waals surface area contributed by atoms with Gasteiger partial charge in [-0.25, -0.2) is 18.2 Å². The van der Waals surface area contributed by atoms with Gasteiger partial charge in [-0.05, 0) is 24.3 Å². The predicted octanol–water partition coefficient (Wildman–Crippen LogP) is -0.895. The fourth-order valence-corrected chi connectivity index (χ4v) is 3.93. The van der Waals surface area contributed by atoms with Crippen LogP contribution in [0.4, 0.5) is 5.69 Å². The van der Waals surface area contributed by atoms with E-state index in [2.05, 4.69) is 5.43 Å². The molecule has 2 saturated heterocycles. The summed E-state index contributed by atoms with van der Waals surface area (Å²) in [6.07, 6.45) is 1.36. The molecule has 3 amide bonds. The lowest BCUT2D eigenvalue weighted by atomic mass is 10.2. The molecule has 0 atom stereocenters. The number of ether oxygens (including phenoxy) is 1. The Balaban J connectivity index is 1.51. The van der Waals surface area contributed by atoms with Crippen LogP contribution in [0.1, 0.15) is 23.2 Å². The number of carbonyl (C=O) groups excluding carboxylic acids is 4. The van der Waals surface area contributed by atoms with Crippen LogP contribution in [0.2, 0.25) is 0 Å². The van der Waals surface area contributed by atoms with Crippen molar-refractivity contribution in [2.45, 2.75) is 12.8 Å². The van der Waals surface area contributed by atoms with Crippen molar-refractivity contribution in [1.82, 2.24) is 14.6 Å². The van der Waals surface area contributed by atoms with Crippen molar-refractivity contribution < 1.29 is 32.3 Å². The lowest BCUT2D eigenvalue weighted by molar-refractivity contribution is -0.135. The third-order valence-corrected chi connectivity index (χ3v) is 6.10. The standard InChI is InChI=1S/C18H22N4O7S/c1-30(27,28)21-10-8-20(9-11-21)17(25)12-29-18(26)13-2-4-14(5-3-13)22-16(24)7-6-15(23)19-22/h2-5H,6-12H2,1H3,(H,19,23). The number of hydrogen-bond acceptors (Lipinski definition) is 7. The minimum absolute atomic E-state index is 0.107. The summed E-state index contributed by atoms with van der Waals surface area (Å²) in [6.45, 7) is 0.402. The molecule has 0 radical (unpaired) electrons. The second-order valence-corrected chi connectivity index (χ2v) is 8.91. The minimum atomic E-state index is -3.29. The quantitative estimate of drug-likeness (QED) is 0.589. The van der Waals surface area contributed by atoms with Crippen LogP contribution in [0.25, 0.3) is 0 Å². The first-order valence-corrected chi connectivity index (χ1v) is 11.1. The Morgan fingerprint density at radius 3 is 2.27 bits per heavy atom. The summed E-state index contributed by atoms with van der Waals surface area (Å²) in [5.41, 5.74) is 3.05. The van der Waals surface area contributed by atoms with Crippen molar-refractivity contribution in [3.8, 4) is 0 Å². The van der Waals surface area contributed by atoms with Gasteiger partial charge < -0.3 is 9.64 Å². The van der Waals surface area contributed by atoms with Crippen molar-refractivity contribution in [3.63, 3.8) is 0 Å². The molecule has 0 saturated carbocycles. The van der Waals surface area contributed by atoms with Crippen LogP contribution in [0.15, 0.2) is 24.3 Å². The molecule has 12 heteroatoms. The molecule has 3 rings (SSSR count). The molecule has 0 bridgehead atoms. The van der Waals surface area contributed by atoms with Gasteiger partial charge in [0.15, 0.2) is 6.61 Å². The van der Waals surface area contributed by atoms with Crippen LogP contribution in [-0.4, -0.2) is 80.4 Å². The molecule has 2 aliphatic heterocycles. The zero-order valence-corrected chi connectivity index (χ0v) is 17.2. The van der Waals surface area contributed by atoms with Gasteiger partial charge >= 0.3 is 5.97 Å². The van der Waals surface area contributed by atoms with Gasteiger partial charge in [0.05, 0.1) is 17.5 Å². The van der Waals surface area contributed by atoms with E-state index in [1.165, 1.54) is 33.5 Å². The highest BCUT2D eigenvalue weighted by Gasteiger charge is 2.27. The number of nitrogens with one attached hydrogen (secondary N) is 1. The third-order valence-electron chi connectivity index (χ3n) is 4.80. The molecule has 1 N–H and O–H groups in total. The first-order valence-electron chi connectivity index (χ1n) is 9.27. The van der Waals surface area contributed by atoms with E-state index < -0.39 is 28.5 Å². The number of esters is 1. The van der Waals surface area contributed by atoms with E-state index >= 15 is 0 Å². The lowest BCUT2D eigenvalue weighted by Crippen LogP contribution is -2.51. The first-order chi connectivity index (χ1) is 14.1. The zero-order valence-electron chi connectivity index (χ0n) is 16.4. The lowest BCUT2D eigenvalue weighted by Gasteiger charge is -2.33. The highest BCUT2D eigenvalue weighted by atomic mass is 32.2. The molecule has 2 fully saturated rings. The van der Waals surface area contributed by atoms with E-state index in [0.29, 0.717) is 5.69 Å². The highest BCUT2D eigenvalue weighted by molar-refractivity contribution is 7.88. The molecule has 0 aromatic heterocycles. The molecule has 30 heavy (non-hydrogen) atoms. The van der Waals surface area contributed by atoms with E-state index in [4.69, 9.17) is 4.74 Å². The summed E-state index contributed by atoms with van der Waals surface area (Å²) in [7, 11) is -3.29. The maximum absolute atomic E-state index is 12.2. The molecule has 1 aromatic carbocycles. The number of benzene rings is 1. The Bertz CT molecular complexity index is 953. The number of rotatable bonds is 5. The van der Waals surface area contributed by atoms with E-state index in [-0.39, 0.29) is 56.4 Å². The fourth-order valence-electron chi connectivity index (χ4n) is 3.10. The van der Waals surface area contributed by atoms with Crippen LogP contribution < -0.4 is 10.4 Å². The highest BCUT2D eigenvalue weighted by Crippen LogP contribution is 2.18. The van der Waals surface area contributed by atoms with Gasteiger partial charge in [0.25, 0.3) is 5.91 Å². The Hall–Kier alpha value is -2.99. The first kappa shape index (κ1) is 21.7. The number of hydrogen-bond donors (Lipinski definition) is 1. The van der Waals surface area contributed by atoms with Crippen molar-refractivity contribution in [2.75, 3.05) is 44.1 Å². The van der Waals surface area contributed by atoms with Gasteiger partial charge in [-0.2, -0.15) is 4.31 Å². The van der Waals surface area contributed by atoms with Crippen LogP contribution in [-0.2, 0) is 29.1 Å². The molecule has 0 aliphatic carbocycles. The van der Waals surface area contributed by atoms with Gasteiger partial charge in [0, 0.05) is 39.0 Å². The fraction of sp³-hybridized carbons (Fsp3) is 0.444. The average Bonchev–Trinajstić information content (AvgIpc) is 2.73. The number of sulfonamides is 1. The van der Waals surface area contributed by atoms with Crippen molar-refractivity contribution in [3.05, 3.63) is 29.8 Å². The van der Waals surface area contributed by atoms with Crippen molar-refractivity contribution >= 4 is 39.4 Å². The van der Waals surface area contributed by atoms with Gasteiger partial charge in [-0.15, -0.1) is 0 Å². The largest absolute Gasteiger partial charge is 0.452 e.